The molecule has 5 nitrogen and oxygen atoms in total. The van der Waals surface area contributed by atoms with Crippen molar-refractivity contribution in [2.24, 2.45) is 0 Å². The van der Waals surface area contributed by atoms with Gasteiger partial charge in [-0.1, -0.05) is 37.1 Å². The van der Waals surface area contributed by atoms with Crippen molar-refractivity contribution in [1.29, 1.82) is 0 Å². The average Bonchev–Trinajstić information content (AvgIpc) is 3.29. The minimum atomic E-state index is 0. The van der Waals surface area contributed by atoms with Gasteiger partial charge in [-0.05, 0) is 89.9 Å². The zero-order valence-corrected chi connectivity index (χ0v) is 23.3. The van der Waals surface area contributed by atoms with Gasteiger partial charge in [-0.2, -0.15) is 0 Å². The monoisotopic (exact) mass is 546 g/mol. The first-order valence-corrected chi connectivity index (χ1v) is 13.7. The number of likely N-dealkylation sites (tertiary alicyclic amines) is 2. The van der Waals surface area contributed by atoms with E-state index in [0.29, 0.717) is 35.1 Å². The maximum absolute atomic E-state index is 13.1. The number of carbonyl (C=O) groups is 2. The molecule has 0 unspecified atom stereocenters. The molecule has 0 radical (unpaired) electrons. The minimum absolute atomic E-state index is 0. The number of nitrogens with zero attached hydrogens (tertiary/aromatic N) is 2. The quantitative estimate of drug-likeness (QED) is 0.249. The molecule has 0 spiro atoms. The van der Waals surface area contributed by atoms with Gasteiger partial charge in [0.05, 0.1) is 11.1 Å². The van der Waals surface area contributed by atoms with Crippen LogP contribution in [-0.2, 0) is 0 Å². The Labute approximate surface area is 232 Å². The molecule has 3 aromatic rings. The standard InChI is InChI=1S/C30H38N2O3.2ClH/c33-27(15-9-21-31-17-3-1-4-18-31)25-13-7-11-23-24-12-8-14-26(30(24)35-29(23)25)28(34)16-10-22-32-19-5-2-6-20-32;;/h7-8,11-14H,1-6,9-10,15-22H2;2*1H. The van der Waals surface area contributed by atoms with Crippen molar-refractivity contribution in [3.8, 4) is 0 Å². The topological polar surface area (TPSA) is 53.8 Å². The van der Waals surface area contributed by atoms with Gasteiger partial charge in [0.1, 0.15) is 11.2 Å². The van der Waals surface area contributed by atoms with E-state index in [1.54, 1.807) is 0 Å². The van der Waals surface area contributed by atoms with E-state index in [4.69, 9.17) is 4.42 Å². The number of Topliss-reactive ketones (excluding diaryl/α,β-unsaturated/α-hetero) is 2. The largest absolute Gasteiger partial charge is 0.455 e. The summed E-state index contributed by atoms with van der Waals surface area (Å²) in [5.74, 6) is 0.252. The molecular formula is C30H40Cl2N2O3. The number of carbonyl (C=O) groups excluding carboxylic acids is 2. The predicted molar refractivity (Wildman–Crippen MR) is 156 cm³/mol. The Morgan fingerprint density at radius 2 is 1.03 bits per heavy atom. The van der Waals surface area contributed by atoms with Crippen LogP contribution in [0.3, 0.4) is 0 Å². The second-order valence-electron chi connectivity index (χ2n) is 10.3. The number of para-hydroxylation sites is 2. The van der Waals surface area contributed by atoms with Gasteiger partial charge in [0, 0.05) is 23.6 Å². The molecule has 202 valence electrons. The summed E-state index contributed by atoms with van der Waals surface area (Å²) in [6, 6.07) is 11.6. The number of benzene rings is 2. The third-order valence-electron chi connectivity index (χ3n) is 7.78. The Morgan fingerprint density at radius 1 is 0.622 bits per heavy atom. The molecule has 0 aliphatic carbocycles. The predicted octanol–water partition coefficient (Wildman–Crippen LogP) is 7.33. The molecule has 5 rings (SSSR count). The molecule has 0 atom stereocenters. The smallest absolute Gasteiger partial charge is 0.166 e. The SMILES string of the molecule is Cl.Cl.O=C(CCCN1CCCCC1)c1cccc2c1oc1c(C(=O)CCCN3CCCCC3)cccc12. The molecule has 37 heavy (non-hydrogen) atoms. The number of furan rings is 1. The first kappa shape index (κ1) is 29.6. The highest BCUT2D eigenvalue weighted by atomic mass is 35.5. The Morgan fingerprint density at radius 3 is 1.43 bits per heavy atom. The van der Waals surface area contributed by atoms with Crippen molar-refractivity contribution >= 4 is 58.3 Å². The number of fused-ring (bicyclic) bond motifs is 3. The summed E-state index contributed by atoms with van der Waals surface area (Å²) in [5.41, 5.74) is 2.53. The lowest BCUT2D eigenvalue weighted by Crippen LogP contribution is -2.30. The summed E-state index contributed by atoms with van der Waals surface area (Å²) in [6.07, 6.45) is 10.5. The van der Waals surface area contributed by atoms with Crippen LogP contribution < -0.4 is 0 Å². The fraction of sp³-hybridized carbons (Fsp3) is 0.533. The highest BCUT2D eigenvalue weighted by Gasteiger charge is 2.20. The van der Waals surface area contributed by atoms with Crippen LogP contribution in [0.15, 0.2) is 40.8 Å². The van der Waals surface area contributed by atoms with Crippen LogP contribution in [0.4, 0.5) is 0 Å². The van der Waals surface area contributed by atoms with E-state index in [9.17, 15) is 9.59 Å². The van der Waals surface area contributed by atoms with E-state index in [-0.39, 0.29) is 36.4 Å². The molecule has 2 aliphatic rings. The van der Waals surface area contributed by atoms with Gasteiger partial charge in [-0.15, -0.1) is 24.8 Å². The fourth-order valence-corrected chi connectivity index (χ4v) is 5.82. The molecule has 0 bridgehead atoms. The van der Waals surface area contributed by atoms with Gasteiger partial charge in [0.25, 0.3) is 0 Å². The normalized spacial score (nSPS) is 16.9. The van der Waals surface area contributed by atoms with E-state index < -0.39 is 0 Å². The first-order valence-electron chi connectivity index (χ1n) is 13.7. The Balaban J connectivity index is 0.00000190. The molecule has 0 saturated carbocycles. The molecule has 0 amide bonds. The molecule has 2 saturated heterocycles. The van der Waals surface area contributed by atoms with Gasteiger partial charge in [0.15, 0.2) is 11.6 Å². The summed E-state index contributed by atoms with van der Waals surface area (Å²) in [6.45, 7) is 6.59. The van der Waals surface area contributed by atoms with Crippen molar-refractivity contribution in [2.75, 3.05) is 39.3 Å². The summed E-state index contributed by atoms with van der Waals surface area (Å²) in [7, 11) is 0. The number of rotatable bonds is 10. The second kappa shape index (κ2) is 14.3. The molecule has 0 N–H and O–H groups in total. The van der Waals surface area contributed by atoms with Crippen molar-refractivity contribution in [3.05, 3.63) is 47.5 Å². The van der Waals surface area contributed by atoms with Crippen LogP contribution in [-0.4, -0.2) is 60.6 Å². The summed E-state index contributed by atoms with van der Waals surface area (Å²) >= 11 is 0. The second-order valence-corrected chi connectivity index (χ2v) is 10.3. The zero-order chi connectivity index (χ0) is 24.0. The molecule has 2 aliphatic heterocycles. The third-order valence-corrected chi connectivity index (χ3v) is 7.78. The summed E-state index contributed by atoms with van der Waals surface area (Å²) in [5, 5.41) is 1.84. The van der Waals surface area contributed by atoms with Crippen LogP contribution in [0.1, 0.15) is 84.9 Å². The highest BCUT2D eigenvalue weighted by Crippen LogP contribution is 2.34. The van der Waals surface area contributed by atoms with Crippen molar-refractivity contribution in [3.63, 3.8) is 0 Å². The maximum Gasteiger partial charge on any atom is 0.166 e. The van der Waals surface area contributed by atoms with E-state index in [1.807, 2.05) is 36.4 Å². The van der Waals surface area contributed by atoms with Gasteiger partial charge < -0.3 is 14.2 Å². The van der Waals surface area contributed by atoms with Crippen molar-refractivity contribution in [2.45, 2.75) is 64.2 Å². The first-order chi connectivity index (χ1) is 17.2. The third kappa shape index (κ3) is 7.14. The average molecular weight is 548 g/mol. The van der Waals surface area contributed by atoms with Crippen LogP contribution in [0.5, 0.6) is 0 Å². The van der Waals surface area contributed by atoms with Gasteiger partial charge >= 0.3 is 0 Å². The number of hydrogen-bond acceptors (Lipinski definition) is 5. The fourth-order valence-electron chi connectivity index (χ4n) is 5.82. The van der Waals surface area contributed by atoms with E-state index in [0.717, 1.165) is 62.9 Å². The molecule has 7 heteroatoms. The number of hydrogen-bond donors (Lipinski definition) is 0. The Hall–Kier alpha value is -1.92. The van der Waals surface area contributed by atoms with Gasteiger partial charge in [0.2, 0.25) is 0 Å². The van der Waals surface area contributed by atoms with Crippen LogP contribution >= 0.6 is 24.8 Å². The molecule has 2 aromatic carbocycles. The maximum atomic E-state index is 13.1. The molecular weight excluding hydrogens is 507 g/mol. The Kier molecular flexibility index (Phi) is 11.4. The Bertz CT molecular complexity index is 1090. The summed E-state index contributed by atoms with van der Waals surface area (Å²) < 4.78 is 6.29. The van der Waals surface area contributed by atoms with Crippen molar-refractivity contribution < 1.29 is 14.0 Å². The zero-order valence-electron chi connectivity index (χ0n) is 21.7. The molecule has 3 heterocycles. The number of piperidine rings is 2. The number of halogens is 2. The highest BCUT2D eigenvalue weighted by molar-refractivity contribution is 6.17. The lowest BCUT2D eigenvalue weighted by Gasteiger charge is -2.26. The van der Waals surface area contributed by atoms with Crippen LogP contribution in [0.2, 0.25) is 0 Å². The van der Waals surface area contributed by atoms with Crippen LogP contribution in [0.25, 0.3) is 21.9 Å². The van der Waals surface area contributed by atoms with Gasteiger partial charge in [-0.25, -0.2) is 0 Å². The van der Waals surface area contributed by atoms with Crippen molar-refractivity contribution in [1.82, 2.24) is 9.80 Å². The molecule has 2 fully saturated rings. The van der Waals surface area contributed by atoms with E-state index >= 15 is 0 Å². The summed E-state index contributed by atoms with van der Waals surface area (Å²) in [4.78, 5) is 31.2. The molecule has 1 aromatic heterocycles. The minimum Gasteiger partial charge on any atom is -0.455 e. The van der Waals surface area contributed by atoms with Crippen LogP contribution in [0, 0.1) is 0 Å². The number of ketones is 2. The lowest BCUT2D eigenvalue weighted by atomic mass is 10.0. The van der Waals surface area contributed by atoms with Gasteiger partial charge in [-0.3, -0.25) is 9.59 Å². The van der Waals surface area contributed by atoms with E-state index in [1.165, 1.54) is 38.5 Å². The lowest BCUT2D eigenvalue weighted by molar-refractivity contribution is 0.0967. The van der Waals surface area contributed by atoms with E-state index in [2.05, 4.69) is 9.80 Å².